The molecule has 0 aliphatic heterocycles. The fourth-order valence-electron chi connectivity index (χ4n) is 3.82. The minimum Gasteiger partial charge on any atom is -0.401 e. The molecule has 0 amide bonds. The molecule has 3 rings (SSSR count). The quantitative estimate of drug-likeness (QED) is 0.438. The minimum atomic E-state index is -2.54. The molecule has 1 unspecified atom stereocenters. The summed E-state index contributed by atoms with van der Waals surface area (Å²) in [6.07, 6.45) is -0.0214. The summed E-state index contributed by atoms with van der Waals surface area (Å²) in [6.45, 7) is 9.10. The first-order valence-electron chi connectivity index (χ1n) is 9.39. The Morgan fingerprint density at radius 1 is 0.741 bits per heavy atom. The van der Waals surface area contributed by atoms with Crippen LogP contribution < -0.4 is 10.4 Å². The first kappa shape index (κ1) is 20.1. The van der Waals surface area contributed by atoms with Crippen molar-refractivity contribution >= 4 is 34.6 Å². The molecule has 140 valence electrons. The van der Waals surface area contributed by atoms with E-state index in [-0.39, 0.29) is 11.1 Å². The van der Waals surface area contributed by atoms with Crippen molar-refractivity contribution in [1.82, 2.24) is 0 Å². The molecule has 3 heteroatoms. The highest BCUT2D eigenvalue weighted by molar-refractivity contribution is 9.10. The Balaban J connectivity index is 2.19. The number of hydrogen-bond donors (Lipinski definition) is 0. The van der Waals surface area contributed by atoms with E-state index in [1.807, 2.05) is 6.07 Å². The van der Waals surface area contributed by atoms with Crippen LogP contribution in [0.25, 0.3) is 0 Å². The molecule has 0 aliphatic carbocycles. The van der Waals surface area contributed by atoms with E-state index in [9.17, 15) is 0 Å². The van der Waals surface area contributed by atoms with Crippen molar-refractivity contribution in [3.63, 3.8) is 0 Å². The molecule has 0 radical (unpaired) electrons. The van der Waals surface area contributed by atoms with Gasteiger partial charge in [-0.2, -0.15) is 0 Å². The summed E-state index contributed by atoms with van der Waals surface area (Å²) in [5.74, 6) is 0. The Morgan fingerprint density at radius 3 is 1.63 bits per heavy atom. The van der Waals surface area contributed by atoms with Crippen LogP contribution in [0.3, 0.4) is 0 Å². The van der Waals surface area contributed by atoms with E-state index < -0.39 is 8.32 Å². The highest BCUT2D eigenvalue weighted by Gasteiger charge is 2.51. The van der Waals surface area contributed by atoms with Crippen LogP contribution in [-0.2, 0) is 4.43 Å². The number of rotatable bonds is 5. The van der Waals surface area contributed by atoms with E-state index in [2.05, 4.69) is 122 Å². The molecular formula is C24H27BrOSi. The Labute approximate surface area is 172 Å². The van der Waals surface area contributed by atoms with Crippen molar-refractivity contribution in [3.8, 4) is 0 Å². The number of hydrogen-bond acceptors (Lipinski definition) is 1. The molecule has 3 aromatic carbocycles. The van der Waals surface area contributed by atoms with Crippen LogP contribution in [0.5, 0.6) is 0 Å². The summed E-state index contributed by atoms with van der Waals surface area (Å²) < 4.78 is 8.24. The maximum Gasteiger partial charge on any atom is 0.261 e. The van der Waals surface area contributed by atoms with Gasteiger partial charge in [0.05, 0.1) is 6.10 Å². The fourth-order valence-corrected chi connectivity index (χ4v) is 9.10. The predicted molar refractivity (Wildman–Crippen MR) is 121 cm³/mol. The van der Waals surface area contributed by atoms with Crippen LogP contribution in [0.2, 0.25) is 5.04 Å². The lowest BCUT2D eigenvalue weighted by Gasteiger charge is -2.44. The molecule has 0 fully saturated rings. The summed E-state index contributed by atoms with van der Waals surface area (Å²) >= 11 is 3.70. The highest BCUT2D eigenvalue weighted by Crippen LogP contribution is 2.40. The van der Waals surface area contributed by atoms with Gasteiger partial charge in [-0.3, -0.25) is 0 Å². The van der Waals surface area contributed by atoms with Crippen LogP contribution in [0.1, 0.15) is 39.4 Å². The van der Waals surface area contributed by atoms with Gasteiger partial charge in [0.2, 0.25) is 0 Å². The lowest BCUT2D eigenvalue weighted by molar-refractivity contribution is 0.210. The Hall–Kier alpha value is -1.68. The van der Waals surface area contributed by atoms with E-state index in [1.54, 1.807) is 0 Å². The zero-order valence-corrected chi connectivity index (χ0v) is 19.0. The largest absolute Gasteiger partial charge is 0.401 e. The van der Waals surface area contributed by atoms with Gasteiger partial charge in [0.25, 0.3) is 8.32 Å². The molecule has 0 saturated heterocycles. The summed E-state index contributed by atoms with van der Waals surface area (Å²) in [5.41, 5.74) is 1.19. The SMILES string of the molecule is CC(O[Si](c1ccccc1)(c1ccccc1)C(C)(C)C)c1ccccc1Br. The molecule has 0 N–H and O–H groups in total. The van der Waals surface area contributed by atoms with Crippen LogP contribution in [0.15, 0.2) is 89.4 Å². The molecule has 0 aromatic heterocycles. The summed E-state index contributed by atoms with van der Waals surface area (Å²) in [4.78, 5) is 0. The fraction of sp³-hybridized carbons (Fsp3) is 0.250. The molecule has 27 heavy (non-hydrogen) atoms. The van der Waals surface area contributed by atoms with Crippen molar-refractivity contribution in [2.75, 3.05) is 0 Å². The monoisotopic (exact) mass is 438 g/mol. The number of halogens is 1. The average Bonchev–Trinajstić information content (AvgIpc) is 2.66. The molecule has 1 nitrogen and oxygen atoms in total. The van der Waals surface area contributed by atoms with Gasteiger partial charge in [0.15, 0.2) is 0 Å². The van der Waals surface area contributed by atoms with Gasteiger partial charge >= 0.3 is 0 Å². The van der Waals surface area contributed by atoms with E-state index in [0.717, 1.165) is 4.47 Å². The third kappa shape index (κ3) is 3.96. The second-order valence-corrected chi connectivity index (χ2v) is 13.1. The molecule has 0 heterocycles. The lowest BCUT2D eigenvalue weighted by Crippen LogP contribution is -2.66. The topological polar surface area (TPSA) is 9.23 Å². The van der Waals surface area contributed by atoms with Crippen molar-refractivity contribution in [2.24, 2.45) is 0 Å². The highest BCUT2D eigenvalue weighted by atomic mass is 79.9. The van der Waals surface area contributed by atoms with E-state index >= 15 is 0 Å². The third-order valence-electron chi connectivity index (χ3n) is 5.11. The van der Waals surface area contributed by atoms with Crippen molar-refractivity contribution in [3.05, 3.63) is 95.0 Å². The van der Waals surface area contributed by atoms with Gasteiger partial charge in [0.1, 0.15) is 0 Å². The standard InChI is InChI=1S/C24H27BrOSi/c1-19(22-17-11-12-18-23(22)25)26-27(24(2,3)4,20-13-7-5-8-14-20)21-15-9-6-10-16-21/h5-19H,1-4H3. The summed E-state index contributed by atoms with van der Waals surface area (Å²) in [6, 6.07) is 29.9. The summed E-state index contributed by atoms with van der Waals surface area (Å²) in [5, 5.41) is 2.59. The normalized spacial score (nSPS) is 13.4. The zero-order valence-electron chi connectivity index (χ0n) is 16.4. The third-order valence-corrected chi connectivity index (χ3v) is 10.9. The molecule has 3 aromatic rings. The second kappa shape index (κ2) is 8.13. The number of benzene rings is 3. The Morgan fingerprint density at radius 2 is 1.19 bits per heavy atom. The molecule has 0 bridgehead atoms. The van der Waals surface area contributed by atoms with Crippen LogP contribution in [0.4, 0.5) is 0 Å². The first-order chi connectivity index (χ1) is 12.9. The molecule has 0 spiro atoms. The second-order valence-electron chi connectivity index (χ2n) is 7.94. The minimum absolute atomic E-state index is 0.0214. The van der Waals surface area contributed by atoms with Gasteiger partial charge < -0.3 is 4.43 Å². The van der Waals surface area contributed by atoms with Gasteiger partial charge in [-0.05, 0) is 34.0 Å². The van der Waals surface area contributed by atoms with Crippen molar-refractivity contribution in [1.29, 1.82) is 0 Å². The van der Waals surface area contributed by atoms with Gasteiger partial charge in [0, 0.05) is 4.47 Å². The maximum absolute atomic E-state index is 7.15. The zero-order chi connectivity index (χ0) is 19.5. The summed E-state index contributed by atoms with van der Waals surface area (Å²) in [7, 11) is -2.54. The van der Waals surface area contributed by atoms with Crippen LogP contribution in [-0.4, -0.2) is 8.32 Å². The van der Waals surface area contributed by atoms with Crippen LogP contribution in [0, 0.1) is 0 Å². The lowest BCUT2D eigenvalue weighted by atomic mass is 10.1. The van der Waals surface area contributed by atoms with Crippen molar-refractivity contribution in [2.45, 2.75) is 38.8 Å². The smallest absolute Gasteiger partial charge is 0.261 e. The van der Waals surface area contributed by atoms with E-state index in [4.69, 9.17) is 4.43 Å². The van der Waals surface area contributed by atoms with E-state index in [0.29, 0.717) is 0 Å². The molecule has 0 aliphatic rings. The van der Waals surface area contributed by atoms with Crippen LogP contribution >= 0.6 is 15.9 Å². The average molecular weight is 439 g/mol. The molecule has 1 atom stereocenters. The maximum atomic E-state index is 7.15. The van der Waals surface area contributed by atoms with E-state index in [1.165, 1.54) is 15.9 Å². The predicted octanol–water partition coefficient (Wildman–Crippen LogP) is 6.09. The molecular weight excluding hydrogens is 412 g/mol. The molecule has 0 saturated carbocycles. The van der Waals surface area contributed by atoms with Gasteiger partial charge in [-0.1, -0.05) is 116 Å². The van der Waals surface area contributed by atoms with Crippen molar-refractivity contribution < 1.29 is 4.43 Å². The van der Waals surface area contributed by atoms with Gasteiger partial charge in [-0.15, -0.1) is 0 Å². The first-order valence-corrected chi connectivity index (χ1v) is 12.1. The Kier molecular flexibility index (Phi) is 6.04. The van der Waals surface area contributed by atoms with Gasteiger partial charge in [-0.25, -0.2) is 0 Å². The Bertz CT molecular complexity index is 832.